The fourth-order valence-electron chi connectivity index (χ4n) is 18.0. The first-order valence-electron chi connectivity index (χ1n) is 47.9. The third-order valence-corrected chi connectivity index (χ3v) is 28.6. The van der Waals surface area contributed by atoms with Crippen molar-refractivity contribution in [2.75, 3.05) is 211 Å². The molecule has 7 heterocycles. The van der Waals surface area contributed by atoms with Gasteiger partial charge in [0.15, 0.2) is 0 Å². The molecule has 12 aromatic rings. The van der Waals surface area contributed by atoms with Crippen LogP contribution in [0.5, 0.6) is 69.0 Å². The molecule has 0 N–H and O–H groups in total. The summed E-state index contributed by atoms with van der Waals surface area (Å²) in [6.45, 7) is 9.84. The molecule has 0 fully saturated rings. The monoisotopic (exact) mass is 1940 g/mol. The lowest BCUT2D eigenvalue weighted by Crippen LogP contribution is -2.16. The van der Waals surface area contributed by atoms with Crippen LogP contribution in [0.25, 0.3) is 0 Å². The summed E-state index contributed by atoms with van der Waals surface area (Å²) in [6.07, 6.45) is 3.99. The number of hydrogen-bond acceptors (Lipinski definition) is 26. The van der Waals surface area contributed by atoms with Crippen molar-refractivity contribution in [3.63, 3.8) is 0 Å². The van der Waals surface area contributed by atoms with Crippen molar-refractivity contribution in [3.05, 3.63) is 307 Å². The zero-order chi connectivity index (χ0) is 92.9. The predicted molar refractivity (Wildman–Crippen MR) is 530 cm³/mol. The third kappa shape index (κ3) is 25.2. The number of rotatable bonds is 0. The van der Waals surface area contributed by atoms with E-state index in [-0.39, 0.29) is 106 Å². The molecule has 9 aliphatic rings. The van der Waals surface area contributed by atoms with Gasteiger partial charge in [0.25, 0.3) is 0 Å². The molecule has 36 bridgehead atoms. The van der Waals surface area contributed by atoms with Gasteiger partial charge in [0.1, 0.15) is 148 Å². The minimum atomic E-state index is 0.200. The fraction of sp³-hybridized carbons (Fsp3) is 0.357. The Kier molecular flexibility index (Phi) is 34.7. The SMILES string of the molecule is c1cc2c3c(c1)Cc1cccc4c1OCCOCCOc1c5cccc1Sc1cccc6c1OCCOCCOc1c7cccc1Cc1cccc8c1OCCOCCOCCOCCOc1c(cccc1C7)Cc1cccc(c1OCCOCCOc1c(cccc1S5)Sc1cccc(c1OCCOCCOc1c(cccc1Cc1cccc(c1OCCOCCOCCOCCO3)C4)C2)S6)C8. The molecule has 0 unspecified atom stereocenters. The van der Waals surface area contributed by atoms with Crippen LogP contribution in [0.4, 0.5) is 0 Å². The normalized spacial score (nSPS) is 17.6. The van der Waals surface area contributed by atoms with Crippen LogP contribution in [-0.4, -0.2) is 211 Å². The van der Waals surface area contributed by atoms with Crippen LogP contribution in [0.3, 0.4) is 0 Å². The maximum Gasteiger partial charge on any atom is 0.147 e. The minimum Gasteiger partial charge on any atom is -0.491 e. The summed E-state index contributed by atoms with van der Waals surface area (Å²) in [5.41, 5.74) is 16.0. The molecule has 0 atom stereocenters. The van der Waals surface area contributed by atoms with E-state index in [0.29, 0.717) is 180 Å². The second-order valence-corrected chi connectivity index (χ2v) is 38.0. The lowest BCUT2D eigenvalue weighted by molar-refractivity contribution is 0.00484. The van der Waals surface area contributed by atoms with Gasteiger partial charge in [-0.05, 0) is 138 Å². The van der Waals surface area contributed by atoms with Gasteiger partial charge in [0.2, 0.25) is 0 Å². The molecule has 7 aliphatic heterocycles. The van der Waals surface area contributed by atoms with Crippen molar-refractivity contribution in [3.8, 4) is 69.0 Å². The van der Waals surface area contributed by atoms with Crippen molar-refractivity contribution < 1.29 is 104 Å². The Morgan fingerprint density at radius 3 is 0.319 bits per heavy atom. The van der Waals surface area contributed by atoms with E-state index in [1.807, 2.05) is 0 Å². The molecule has 0 amide bonds. The zero-order valence-electron chi connectivity index (χ0n) is 77.7. The number of benzene rings is 12. The van der Waals surface area contributed by atoms with Crippen LogP contribution in [0.2, 0.25) is 0 Å². The lowest BCUT2D eigenvalue weighted by atomic mass is 9.91. The first-order valence-corrected chi connectivity index (χ1v) is 51.2. The van der Waals surface area contributed by atoms with Crippen LogP contribution in [0.1, 0.15) is 89.0 Å². The molecule has 26 heteroatoms. The molecule has 0 saturated heterocycles. The molecular formula is C112H116O22S4. The van der Waals surface area contributed by atoms with Crippen molar-refractivity contribution in [1.29, 1.82) is 0 Å². The highest BCUT2D eigenvalue weighted by Gasteiger charge is 2.30. The molecule has 22 nitrogen and oxygen atoms in total. The zero-order valence-corrected chi connectivity index (χ0v) is 80.9. The van der Waals surface area contributed by atoms with E-state index in [9.17, 15) is 0 Å². The van der Waals surface area contributed by atoms with Crippen LogP contribution >= 0.6 is 47.0 Å². The van der Waals surface area contributed by atoms with E-state index >= 15 is 0 Å². The van der Waals surface area contributed by atoms with Gasteiger partial charge in [-0.25, -0.2) is 0 Å². The number of para-hydroxylation sites is 12. The van der Waals surface area contributed by atoms with Crippen molar-refractivity contribution in [2.45, 2.75) is 90.5 Å². The first kappa shape index (κ1) is 96.1. The van der Waals surface area contributed by atoms with Gasteiger partial charge in [-0.2, -0.15) is 0 Å². The van der Waals surface area contributed by atoms with Crippen LogP contribution in [0.15, 0.2) is 258 Å². The van der Waals surface area contributed by atoms with E-state index in [4.69, 9.17) is 104 Å². The first-order chi connectivity index (χ1) is 68.5. The van der Waals surface area contributed by atoms with Gasteiger partial charge in [-0.15, -0.1) is 0 Å². The number of fused-ring (bicyclic) bond motifs is 24. The van der Waals surface area contributed by atoms with Crippen LogP contribution in [0, 0.1) is 0 Å². The Bertz CT molecular complexity index is 5100. The summed E-state index contributed by atoms with van der Waals surface area (Å²) in [6, 6.07) is 76.6. The summed E-state index contributed by atoms with van der Waals surface area (Å²) in [7, 11) is 0. The number of hydrogen-bond donors (Lipinski definition) is 0. The standard InChI is InChI=1S/C112H116O22S4/c1-13-77-69-85-21-5-23-87-71-79-15-2-16-80-72-88-24-6-22-86(70-78(14-1)101(77)123-57-45-115-41-37-113-38-42-116-46-58-124-102(79)80)106(88)128-62-50-120-54-66-132-110-95-31-10-32-96(110)138-100-36-12-34-98-112(100)134-68-56-122-52-64-130-108-90-26-8-28-92(108)76-84-20-4-19-83-75-91-27-7-25-89(73-81-17-3-18-82(74-90)103(81)125-59-47-117-43-39-114-40-44-118-48-60-126-104(83)84)107(91)129-63-51-121-55-67-133-111-97(33-11-35-99(111)137-95)135-93-29-9-30-94(136-98)109(93)131-65-53-119-49-61-127-105(85)87/h1-36H,37-76H2. The van der Waals surface area contributed by atoms with E-state index in [1.54, 1.807) is 47.0 Å². The Morgan fingerprint density at radius 2 is 0.203 bits per heavy atom. The Labute approximate surface area is 824 Å². The summed E-state index contributed by atoms with van der Waals surface area (Å²) in [5, 5.41) is 0. The molecule has 0 spiro atoms. The summed E-state index contributed by atoms with van der Waals surface area (Å²) in [5.74, 6) is 8.90. The van der Waals surface area contributed by atoms with Gasteiger partial charge in [0, 0.05) is 51.4 Å². The maximum absolute atomic E-state index is 7.19. The fourth-order valence-corrected chi connectivity index (χ4v) is 22.5. The second-order valence-electron chi connectivity index (χ2n) is 33.7. The van der Waals surface area contributed by atoms with Gasteiger partial charge < -0.3 is 104 Å². The van der Waals surface area contributed by atoms with Gasteiger partial charge in [0.05, 0.1) is 171 Å². The molecule has 138 heavy (non-hydrogen) atoms. The Balaban J connectivity index is 0.672. The van der Waals surface area contributed by atoms with E-state index in [0.717, 1.165) is 174 Å². The minimum absolute atomic E-state index is 0.200. The maximum atomic E-state index is 7.19. The average Bonchev–Trinajstić information content (AvgIpc) is 0.790. The van der Waals surface area contributed by atoms with E-state index in [2.05, 4.69) is 218 Å². The van der Waals surface area contributed by atoms with Crippen LogP contribution in [-0.2, 0) is 98.7 Å². The van der Waals surface area contributed by atoms with E-state index in [1.165, 1.54) is 0 Å². The quantitative estimate of drug-likeness (QED) is 0.130. The van der Waals surface area contributed by atoms with Crippen LogP contribution < -0.4 is 56.8 Å². The lowest BCUT2D eigenvalue weighted by Gasteiger charge is -2.23. The molecule has 2 aliphatic carbocycles. The summed E-state index contributed by atoms with van der Waals surface area (Å²) >= 11 is 6.28. The molecule has 21 rings (SSSR count). The molecule has 12 aromatic carbocycles. The van der Waals surface area contributed by atoms with Gasteiger partial charge >= 0.3 is 0 Å². The van der Waals surface area contributed by atoms with Crippen molar-refractivity contribution in [1.82, 2.24) is 0 Å². The smallest absolute Gasteiger partial charge is 0.147 e. The molecule has 720 valence electrons. The van der Waals surface area contributed by atoms with Gasteiger partial charge in [-0.3, -0.25) is 0 Å². The highest BCUT2D eigenvalue weighted by Crippen LogP contribution is 2.55. The molecule has 0 radical (unpaired) electrons. The van der Waals surface area contributed by atoms with Crippen molar-refractivity contribution >= 4 is 47.0 Å². The average molecular weight is 1940 g/mol. The Morgan fingerprint density at radius 1 is 0.109 bits per heavy atom. The highest BCUT2D eigenvalue weighted by molar-refractivity contribution is 8.01. The Hall–Kier alpha value is -10.8. The summed E-state index contributed by atoms with van der Waals surface area (Å²) in [4.78, 5) is 6.83. The summed E-state index contributed by atoms with van der Waals surface area (Å²) < 4.78 is 148. The van der Waals surface area contributed by atoms with E-state index < -0.39 is 0 Å². The van der Waals surface area contributed by atoms with Crippen molar-refractivity contribution in [2.24, 2.45) is 0 Å². The predicted octanol–water partition coefficient (Wildman–Crippen LogP) is 20.1. The van der Waals surface area contributed by atoms with Gasteiger partial charge in [-0.1, -0.05) is 217 Å². The third-order valence-electron chi connectivity index (χ3n) is 24.3. The molecule has 0 aromatic heterocycles. The highest BCUT2D eigenvalue weighted by atomic mass is 32.2. The number of ether oxygens (including phenoxy) is 22. The largest absolute Gasteiger partial charge is 0.491 e. The second kappa shape index (κ2) is 49.9. The molecule has 0 saturated carbocycles. The topological polar surface area (TPSA) is 203 Å². The molecular weight excluding hydrogens is 1830 g/mol.